The van der Waals surface area contributed by atoms with Crippen molar-refractivity contribution in [1.82, 2.24) is 19.9 Å². The first-order chi connectivity index (χ1) is 11.5. The minimum atomic E-state index is -0.140. The average Bonchev–Trinajstić information content (AvgIpc) is 3.13. The summed E-state index contributed by atoms with van der Waals surface area (Å²) >= 11 is 0. The predicted octanol–water partition coefficient (Wildman–Crippen LogP) is 2.57. The van der Waals surface area contributed by atoms with Gasteiger partial charge in [0.25, 0.3) is 5.91 Å². The number of nitrogens with one attached hydrogen (secondary N) is 1. The molecular weight excluding hydrogens is 304 g/mol. The molecule has 1 atom stereocenters. The summed E-state index contributed by atoms with van der Waals surface area (Å²) in [6, 6.07) is 3.79. The first-order valence-corrected chi connectivity index (χ1v) is 8.84. The molecule has 0 bridgehead atoms. The van der Waals surface area contributed by atoms with Gasteiger partial charge in [0.05, 0.1) is 18.2 Å². The molecule has 2 fully saturated rings. The second-order valence-electron chi connectivity index (χ2n) is 7.27. The fourth-order valence-electron chi connectivity index (χ4n) is 4.14. The van der Waals surface area contributed by atoms with Crippen LogP contribution in [0.3, 0.4) is 0 Å². The summed E-state index contributed by atoms with van der Waals surface area (Å²) in [4.78, 5) is 17.0. The van der Waals surface area contributed by atoms with Crippen LogP contribution in [0.1, 0.15) is 60.4 Å². The van der Waals surface area contributed by atoms with Crippen molar-refractivity contribution in [2.75, 3.05) is 6.61 Å². The van der Waals surface area contributed by atoms with Gasteiger partial charge in [-0.3, -0.25) is 4.79 Å². The number of aromatic nitrogens is 3. The Morgan fingerprint density at radius 1 is 1.29 bits per heavy atom. The number of rotatable bonds is 2. The molecular formula is C18H24N4O2. The lowest BCUT2D eigenvalue weighted by Crippen LogP contribution is -2.37. The van der Waals surface area contributed by atoms with Crippen LogP contribution in [0.4, 0.5) is 0 Å². The highest BCUT2D eigenvalue weighted by molar-refractivity contribution is 5.93. The van der Waals surface area contributed by atoms with Gasteiger partial charge in [0.15, 0.2) is 11.3 Å². The third-order valence-corrected chi connectivity index (χ3v) is 5.28. The van der Waals surface area contributed by atoms with E-state index >= 15 is 0 Å². The Bertz CT molecular complexity index is 777. The minimum absolute atomic E-state index is 0.00433. The molecule has 24 heavy (non-hydrogen) atoms. The van der Waals surface area contributed by atoms with Crippen molar-refractivity contribution < 1.29 is 9.53 Å². The Morgan fingerprint density at radius 2 is 2.08 bits per heavy atom. The van der Waals surface area contributed by atoms with E-state index in [4.69, 9.17) is 4.74 Å². The monoisotopic (exact) mass is 328 g/mol. The van der Waals surface area contributed by atoms with E-state index in [-0.39, 0.29) is 17.6 Å². The SMILES string of the molecule is Cc1cc(C)n2nc(C(=O)N[C@H]3COC4(CCCCC4)C3)cc2n1. The van der Waals surface area contributed by atoms with Crippen LogP contribution in [0.25, 0.3) is 5.65 Å². The first kappa shape index (κ1) is 15.6. The molecule has 6 heteroatoms. The van der Waals surface area contributed by atoms with Crippen LogP contribution in [-0.4, -0.2) is 38.8 Å². The van der Waals surface area contributed by atoms with Crippen LogP contribution < -0.4 is 5.32 Å². The zero-order valence-electron chi connectivity index (χ0n) is 14.3. The molecule has 0 aromatic carbocycles. The maximum Gasteiger partial charge on any atom is 0.272 e. The Balaban J connectivity index is 1.48. The molecule has 1 saturated carbocycles. The molecule has 1 aliphatic carbocycles. The maximum absolute atomic E-state index is 12.6. The van der Waals surface area contributed by atoms with Gasteiger partial charge in [-0.15, -0.1) is 0 Å². The molecule has 0 radical (unpaired) electrons. The smallest absolute Gasteiger partial charge is 0.272 e. The Hall–Kier alpha value is -1.95. The number of nitrogens with zero attached hydrogens (tertiary/aromatic N) is 3. The van der Waals surface area contributed by atoms with Crippen LogP contribution in [-0.2, 0) is 4.74 Å². The van der Waals surface area contributed by atoms with Gasteiger partial charge in [-0.2, -0.15) is 5.10 Å². The van der Waals surface area contributed by atoms with Crippen molar-refractivity contribution >= 4 is 11.6 Å². The molecule has 1 aliphatic heterocycles. The van der Waals surface area contributed by atoms with Crippen molar-refractivity contribution in [2.45, 2.75) is 64.0 Å². The Kier molecular flexibility index (Phi) is 3.79. The van der Waals surface area contributed by atoms with E-state index in [2.05, 4.69) is 15.4 Å². The number of hydrogen-bond donors (Lipinski definition) is 1. The lowest BCUT2D eigenvalue weighted by molar-refractivity contribution is -0.0246. The number of fused-ring (bicyclic) bond motifs is 1. The standard InChI is InChI=1S/C18H24N4O2/c1-12-8-13(2)22-16(19-12)9-15(21-22)17(23)20-14-10-18(24-11-14)6-4-3-5-7-18/h8-9,14H,3-7,10-11H2,1-2H3,(H,20,23)/t14-/m1/s1. The minimum Gasteiger partial charge on any atom is -0.373 e. The summed E-state index contributed by atoms with van der Waals surface area (Å²) in [5, 5.41) is 7.49. The van der Waals surface area contributed by atoms with Crippen molar-refractivity contribution in [3.8, 4) is 0 Å². The highest BCUT2D eigenvalue weighted by Crippen LogP contribution is 2.39. The third kappa shape index (κ3) is 2.79. The van der Waals surface area contributed by atoms with Crippen molar-refractivity contribution in [2.24, 2.45) is 0 Å². The van der Waals surface area contributed by atoms with Gasteiger partial charge in [0, 0.05) is 17.5 Å². The summed E-state index contributed by atoms with van der Waals surface area (Å²) in [5.41, 5.74) is 3.03. The molecule has 1 spiro atoms. The van der Waals surface area contributed by atoms with E-state index in [0.29, 0.717) is 17.9 Å². The number of carbonyl (C=O) groups excluding carboxylic acids is 1. The molecule has 4 rings (SSSR count). The molecule has 2 aliphatic rings. The van der Waals surface area contributed by atoms with E-state index in [1.54, 1.807) is 10.6 Å². The van der Waals surface area contributed by atoms with E-state index < -0.39 is 0 Å². The third-order valence-electron chi connectivity index (χ3n) is 5.28. The highest BCUT2D eigenvalue weighted by atomic mass is 16.5. The molecule has 1 amide bonds. The molecule has 2 aromatic heterocycles. The summed E-state index contributed by atoms with van der Waals surface area (Å²) in [6.07, 6.45) is 6.93. The Labute approximate surface area is 141 Å². The van der Waals surface area contributed by atoms with E-state index in [1.807, 2.05) is 19.9 Å². The van der Waals surface area contributed by atoms with Gasteiger partial charge in [0.1, 0.15) is 0 Å². The largest absolute Gasteiger partial charge is 0.373 e. The lowest BCUT2D eigenvalue weighted by Gasteiger charge is -2.32. The Morgan fingerprint density at radius 3 is 2.88 bits per heavy atom. The quantitative estimate of drug-likeness (QED) is 0.920. The fourth-order valence-corrected chi connectivity index (χ4v) is 4.14. The number of ether oxygens (including phenoxy) is 1. The maximum atomic E-state index is 12.6. The van der Waals surface area contributed by atoms with Gasteiger partial charge in [-0.1, -0.05) is 19.3 Å². The zero-order valence-corrected chi connectivity index (χ0v) is 14.3. The molecule has 3 heterocycles. The lowest BCUT2D eigenvalue weighted by atomic mass is 9.82. The van der Waals surface area contributed by atoms with Crippen molar-refractivity contribution in [3.05, 3.63) is 29.2 Å². The summed E-state index contributed by atoms with van der Waals surface area (Å²) in [6.45, 7) is 4.52. The highest BCUT2D eigenvalue weighted by Gasteiger charge is 2.41. The van der Waals surface area contributed by atoms with Gasteiger partial charge in [0.2, 0.25) is 0 Å². The average molecular weight is 328 g/mol. The number of amides is 1. The van der Waals surface area contributed by atoms with E-state index in [1.165, 1.54) is 19.3 Å². The van der Waals surface area contributed by atoms with Gasteiger partial charge in [-0.05, 0) is 39.2 Å². The van der Waals surface area contributed by atoms with Crippen LogP contribution in [0.2, 0.25) is 0 Å². The van der Waals surface area contributed by atoms with Crippen molar-refractivity contribution in [1.29, 1.82) is 0 Å². The number of carbonyl (C=O) groups is 1. The van der Waals surface area contributed by atoms with E-state index in [0.717, 1.165) is 30.7 Å². The first-order valence-electron chi connectivity index (χ1n) is 8.84. The van der Waals surface area contributed by atoms with Crippen molar-refractivity contribution in [3.63, 3.8) is 0 Å². The molecule has 2 aromatic rings. The van der Waals surface area contributed by atoms with Gasteiger partial charge >= 0.3 is 0 Å². The number of hydrogen-bond acceptors (Lipinski definition) is 4. The van der Waals surface area contributed by atoms with E-state index in [9.17, 15) is 4.79 Å². The molecule has 1 N–H and O–H groups in total. The summed E-state index contributed by atoms with van der Waals surface area (Å²) in [7, 11) is 0. The van der Waals surface area contributed by atoms with Gasteiger partial charge in [-0.25, -0.2) is 9.50 Å². The van der Waals surface area contributed by atoms with Crippen LogP contribution in [0.5, 0.6) is 0 Å². The molecule has 128 valence electrons. The number of aryl methyl sites for hydroxylation is 2. The summed E-state index contributed by atoms with van der Waals surface area (Å²) in [5.74, 6) is -0.140. The predicted molar refractivity (Wildman–Crippen MR) is 90.1 cm³/mol. The second kappa shape index (κ2) is 5.84. The second-order valence-corrected chi connectivity index (χ2v) is 7.27. The fraction of sp³-hybridized carbons (Fsp3) is 0.611. The normalized spacial score (nSPS) is 23.0. The van der Waals surface area contributed by atoms with Crippen LogP contribution >= 0.6 is 0 Å². The topological polar surface area (TPSA) is 68.5 Å². The zero-order chi connectivity index (χ0) is 16.7. The summed E-state index contributed by atoms with van der Waals surface area (Å²) < 4.78 is 7.79. The van der Waals surface area contributed by atoms with Crippen LogP contribution in [0.15, 0.2) is 12.1 Å². The molecule has 1 saturated heterocycles. The molecule has 0 unspecified atom stereocenters. The van der Waals surface area contributed by atoms with Crippen LogP contribution in [0, 0.1) is 13.8 Å². The van der Waals surface area contributed by atoms with Gasteiger partial charge < -0.3 is 10.1 Å². The molecule has 6 nitrogen and oxygen atoms in total.